The van der Waals surface area contributed by atoms with Crippen LogP contribution in [0, 0.1) is 13.8 Å². The topological polar surface area (TPSA) is 107 Å². The van der Waals surface area contributed by atoms with E-state index in [1.807, 2.05) is 35.8 Å². The Balaban J connectivity index is 1.64. The number of carbonyl (C=O) groups excluding carboxylic acids is 2. The van der Waals surface area contributed by atoms with Crippen molar-refractivity contribution in [1.82, 2.24) is 14.2 Å². The third-order valence-corrected chi connectivity index (χ3v) is 7.44. The Hall–Kier alpha value is -3.63. The van der Waals surface area contributed by atoms with E-state index >= 15 is 0 Å². The van der Waals surface area contributed by atoms with Crippen molar-refractivity contribution in [2.75, 3.05) is 27.8 Å². The van der Waals surface area contributed by atoms with Crippen LogP contribution in [0.1, 0.15) is 27.3 Å². The fraction of sp³-hybridized carbons (Fsp3) is 0.280. The van der Waals surface area contributed by atoms with Gasteiger partial charge in [0.25, 0.3) is 5.91 Å². The van der Waals surface area contributed by atoms with Crippen LogP contribution in [0.3, 0.4) is 0 Å². The molecule has 0 bridgehead atoms. The molecule has 3 rings (SSSR count). The lowest BCUT2D eigenvalue weighted by Gasteiger charge is -2.15. The van der Waals surface area contributed by atoms with Gasteiger partial charge in [0.15, 0.2) is 6.61 Å². The fourth-order valence-electron chi connectivity index (χ4n) is 3.65. The molecule has 0 aliphatic heterocycles. The van der Waals surface area contributed by atoms with E-state index in [1.54, 1.807) is 38.3 Å². The standard InChI is InChI=1S/C25H29N3O6S/c1-17-14-22(18(2)28(17)20-10-12-21(33-5)13-11-20)25(30)34-16-24(29)26-15-19-8-6-7-9-23(19)35(31,32)27(3)4/h6-14H,15-16H2,1-5H3,(H,26,29). The number of aromatic nitrogens is 1. The molecule has 0 atom stereocenters. The van der Waals surface area contributed by atoms with Gasteiger partial charge in [-0.05, 0) is 55.8 Å². The summed E-state index contributed by atoms with van der Waals surface area (Å²) in [5.41, 5.74) is 3.17. The number of benzene rings is 2. The maximum Gasteiger partial charge on any atom is 0.340 e. The minimum Gasteiger partial charge on any atom is -0.497 e. The van der Waals surface area contributed by atoms with Gasteiger partial charge in [0.1, 0.15) is 5.75 Å². The smallest absolute Gasteiger partial charge is 0.340 e. The Labute approximate surface area is 205 Å². The summed E-state index contributed by atoms with van der Waals surface area (Å²) >= 11 is 0. The van der Waals surface area contributed by atoms with Crippen LogP contribution in [0.25, 0.3) is 5.69 Å². The van der Waals surface area contributed by atoms with E-state index in [2.05, 4.69) is 5.32 Å². The molecule has 2 aromatic carbocycles. The van der Waals surface area contributed by atoms with Gasteiger partial charge in [-0.1, -0.05) is 18.2 Å². The van der Waals surface area contributed by atoms with Crippen LogP contribution in [-0.4, -0.2) is 57.0 Å². The van der Waals surface area contributed by atoms with E-state index in [4.69, 9.17) is 9.47 Å². The first-order valence-electron chi connectivity index (χ1n) is 10.8. The van der Waals surface area contributed by atoms with E-state index in [9.17, 15) is 18.0 Å². The normalized spacial score (nSPS) is 11.4. The molecule has 0 saturated carbocycles. The summed E-state index contributed by atoms with van der Waals surface area (Å²) < 4.78 is 38.4. The SMILES string of the molecule is COc1ccc(-n2c(C)cc(C(=O)OCC(=O)NCc3ccccc3S(=O)(=O)N(C)C)c2C)cc1. The number of hydrogen-bond acceptors (Lipinski definition) is 6. The zero-order chi connectivity index (χ0) is 25.8. The molecule has 186 valence electrons. The van der Waals surface area contributed by atoms with Crippen molar-refractivity contribution in [3.63, 3.8) is 0 Å². The number of nitrogens with one attached hydrogen (secondary N) is 1. The number of rotatable bonds is 9. The Morgan fingerprint density at radius 3 is 2.31 bits per heavy atom. The average molecular weight is 500 g/mol. The molecule has 35 heavy (non-hydrogen) atoms. The second-order valence-electron chi connectivity index (χ2n) is 8.07. The van der Waals surface area contributed by atoms with Gasteiger partial charge in [-0.2, -0.15) is 0 Å². The number of methoxy groups -OCH3 is 1. The van der Waals surface area contributed by atoms with Crippen LogP contribution >= 0.6 is 0 Å². The first-order chi connectivity index (χ1) is 16.6. The second kappa shape index (κ2) is 10.7. The summed E-state index contributed by atoms with van der Waals surface area (Å²) in [7, 11) is 0.810. The van der Waals surface area contributed by atoms with Crippen molar-refractivity contribution in [1.29, 1.82) is 0 Å². The monoisotopic (exact) mass is 499 g/mol. The largest absolute Gasteiger partial charge is 0.497 e. The van der Waals surface area contributed by atoms with E-state index in [0.29, 0.717) is 16.8 Å². The lowest BCUT2D eigenvalue weighted by Crippen LogP contribution is -2.30. The third kappa shape index (κ3) is 5.72. The molecule has 0 fully saturated rings. The van der Waals surface area contributed by atoms with Gasteiger partial charge in [0.2, 0.25) is 10.0 Å². The van der Waals surface area contributed by atoms with Crippen molar-refractivity contribution >= 4 is 21.9 Å². The van der Waals surface area contributed by atoms with Crippen molar-refractivity contribution in [3.8, 4) is 11.4 Å². The predicted molar refractivity (Wildman–Crippen MR) is 131 cm³/mol. The number of ether oxygens (including phenoxy) is 2. The molecule has 10 heteroatoms. The first kappa shape index (κ1) is 26.0. The molecule has 0 aliphatic carbocycles. The summed E-state index contributed by atoms with van der Waals surface area (Å²) in [6.07, 6.45) is 0. The van der Waals surface area contributed by atoms with E-state index < -0.39 is 28.5 Å². The molecule has 9 nitrogen and oxygen atoms in total. The number of sulfonamides is 1. The number of carbonyl (C=O) groups is 2. The molecule has 0 aliphatic rings. The van der Waals surface area contributed by atoms with Gasteiger partial charge in [-0.3, -0.25) is 4.79 Å². The molecule has 1 heterocycles. The maximum absolute atomic E-state index is 12.7. The van der Waals surface area contributed by atoms with Crippen molar-refractivity contribution in [2.45, 2.75) is 25.3 Å². The van der Waals surface area contributed by atoms with Crippen molar-refractivity contribution < 1.29 is 27.5 Å². The number of aryl methyl sites for hydroxylation is 1. The Bertz CT molecular complexity index is 1330. The average Bonchev–Trinajstić information content (AvgIpc) is 3.15. The number of esters is 1. The molecular formula is C25H29N3O6S. The Morgan fingerprint density at radius 1 is 1.03 bits per heavy atom. The summed E-state index contributed by atoms with van der Waals surface area (Å²) in [6, 6.07) is 15.6. The minimum atomic E-state index is -3.66. The van der Waals surface area contributed by atoms with Crippen LogP contribution in [0.5, 0.6) is 5.75 Å². The molecule has 0 radical (unpaired) electrons. The summed E-state index contributed by atoms with van der Waals surface area (Å²) in [6.45, 7) is 3.16. The first-order valence-corrected chi connectivity index (χ1v) is 12.3. The van der Waals surface area contributed by atoms with Gasteiger partial charge in [-0.25, -0.2) is 17.5 Å². The minimum absolute atomic E-state index is 0.0222. The van der Waals surface area contributed by atoms with Crippen LogP contribution in [0.15, 0.2) is 59.5 Å². The second-order valence-corrected chi connectivity index (χ2v) is 10.2. The fourth-order valence-corrected chi connectivity index (χ4v) is 4.77. The Morgan fingerprint density at radius 2 is 1.69 bits per heavy atom. The van der Waals surface area contributed by atoms with Gasteiger partial charge in [-0.15, -0.1) is 0 Å². The molecule has 3 aromatic rings. The quantitative estimate of drug-likeness (QED) is 0.454. The molecular weight excluding hydrogens is 470 g/mol. The van der Waals surface area contributed by atoms with Gasteiger partial charge < -0.3 is 19.4 Å². The highest BCUT2D eigenvalue weighted by Gasteiger charge is 2.22. The lowest BCUT2D eigenvalue weighted by molar-refractivity contribution is -0.124. The maximum atomic E-state index is 12.7. The Kier molecular flexibility index (Phi) is 7.98. The highest BCUT2D eigenvalue weighted by Crippen LogP contribution is 2.23. The van der Waals surface area contributed by atoms with E-state index in [1.165, 1.54) is 20.2 Å². The molecule has 1 N–H and O–H groups in total. The third-order valence-electron chi connectivity index (χ3n) is 5.52. The zero-order valence-corrected chi connectivity index (χ0v) is 21.2. The van der Waals surface area contributed by atoms with Crippen LogP contribution in [0.2, 0.25) is 0 Å². The van der Waals surface area contributed by atoms with Crippen molar-refractivity contribution in [2.24, 2.45) is 0 Å². The van der Waals surface area contributed by atoms with Gasteiger partial charge >= 0.3 is 5.97 Å². The van der Waals surface area contributed by atoms with Crippen LogP contribution < -0.4 is 10.1 Å². The zero-order valence-electron chi connectivity index (χ0n) is 20.4. The van der Waals surface area contributed by atoms with E-state index in [0.717, 1.165) is 21.4 Å². The molecule has 0 saturated heterocycles. The van der Waals surface area contributed by atoms with Gasteiger partial charge in [0, 0.05) is 37.7 Å². The molecule has 1 aromatic heterocycles. The lowest BCUT2D eigenvalue weighted by atomic mass is 10.2. The van der Waals surface area contributed by atoms with Crippen LogP contribution in [-0.2, 0) is 26.1 Å². The molecule has 0 unspecified atom stereocenters. The van der Waals surface area contributed by atoms with E-state index in [-0.39, 0.29) is 11.4 Å². The predicted octanol–water partition coefficient (Wildman–Crippen LogP) is 2.83. The summed E-state index contributed by atoms with van der Waals surface area (Å²) in [4.78, 5) is 25.1. The summed E-state index contributed by atoms with van der Waals surface area (Å²) in [5, 5.41) is 2.61. The molecule has 0 spiro atoms. The number of nitrogens with zero attached hydrogens (tertiary/aromatic N) is 2. The highest BCUT2D eigenvalue weighted by atomic mass is 32.2. The summed E-state index contributed by atoms with van der Waals surface area (Å²) in [5.74, 6) is -0.438. The van der Waals surface area contributed by atoms with Crippen LogP contribution in [0.4, 0.5) is 0 Å². The highest BCUT2D eigenvalue weighted by molar-refractivity contribution is 7.89. The molecule has 1 amide bonds. The number of amides is 1. The number of hydrogen-bond donors (Lipinski definition) is 1. The van der Waals surface area contributed by atoms with Gasteiger partial charge in [0.05, 0.1) is 17.6 Å². The van der Waals surface area contributed by atoms with Crippen molar-refractivity contribution in [3.05, 3.63) is 77.1 Å².